The smallest absolute Gasteiger partial charge is 0.357 e. The van der Waals surface area contributed by atoms with Crippen molar-refractivity contribution in [3.05, 3.63) is 35.4 Å². The van der Waals surface area contributed by atoms with Gasteiger partial charge in [-0.3, -0.25) is 9.79 Å². The van der Waals surface area contributed by atoms with E-state index in [9.17, 15) is 18.0 Å². The van der Waals surface area contributed by atoms with Crippen molar-refractivity contribution < 1.29 is 18.0 Å². The number of carbonyl (C=O) groups excluding carboxylic acids is 1. The van der Waals surface area contributed by atoms with Gasteiger partial charge >= 0.3 is 6.18 Å². The molecule has 0 fully saturated rings. The van der Waals surface area contributed by atoms with Crippen molar-refractivity contribution in [2.45, 2.75) is 20.0 Å². The summed E-state index contributed by atoms with van der Waals surface area (Å²) >= 11 is 0. The van der Waals surface area contributed by atoms with Crippen molar-refractivity contribution in [1.82, 2.24) is 16.0 Å². The molecule has 23 heavy (non-hydrogen) atoms. The minimum atomic E-state index is -4.40. The molecular formula is C15H21F3N4O. The van der Waals surface area contributed by atoms with Crippen LogP contribution in [0.5, 0.6) is 0 Å². The lowest BCUT2D eigenvalue weighted by Crippen LogP contribution is -2.37. The Balaban J connectivity index is 2.49. The molecule has 0 aliphatic rings. The van der Waals surface area contributed by atoms with Gasteiger partial charge in [-0.1, -0.05) is 0 Å². The number of alkyl halides is 3. The van der Waals surface area contributed by atoms with Crippen molar-refractivity contribution in [2.75, 3.05) is 26.2 Å². The van der Waals surface area contributed by atoms with Gasteiger partial charge in [0.1, 0.15) is 0 Å². The molecule has 0 spiro atoms. The predicted octanol–water partition coefficient (Wildman–Crippen LogP) is 2.01. The van der Waals surface area contributed by atoms with E-state index >= 15 is 0 Å². The molecule has 0 saturated carbocycles. The van der Waals surface area contributed by atoms with Crippen LogP contribution in [-0.4, -0.2) is 38.0 Å². The second-order valence-corrected chi connectivity index (χ2v) is 4.62. The summed E-state index contributed by atoms with van der Waals surface area (Å²) in [6.45, 7) is 5.99. The first-order chi connectivity index (χ1) is 10.9. The highest BCUT2D eigenvalue weighted by atomic mass is 19.4. The summed E-state index contributed by atoms with van der Waals surface area (Å²) in [5.41, 5.74) is -0.597. The molecule has 5 nitrogen and oxygen atoms in total. The van der Waals surface area contributed by atoms with E-state index in [1.54, 1.807) is 0 Å². The van der Waals surface area contributed by atoms with Gasteiger partial charge < -0.3 is 16.0 Å². The lowest BCUT2D eigenvalue weighted by molar-refractivity contribution is -0.137. The zero-order valence-electron chi connectivity index (χ0n) is 13.1. The molecule has 0 heterocycles. The van der Waals surface area contributed by atoms with Gasteiger partial charge in [-0.25, -0.2) is 0 Å². The van der Waals surface area contributed by atoms with E-state index < -0.39 is 17.6 Å². The van der Waals surface area contributed by atoms with Crippen LogP contribution in [0.1, 0.15) is 29.8 Å². The van der Waals surface area contributed by atoms with E-state index in [4.69, 9.17) is 0 Å². The maximum Gasteiger partial charge on any atom is 0.416 e. The number of halogens is 3. The van der Waals surface area contributed by atoms with Gasteiger partial charge in [0.25, 0.3) is 5.91 Å². The van der Waals surface area contributed by atoms with Crippen LogP contribution in [-0.2, 0) is 6.18 Å². The summed E-state index contributed by atoms with van der Waals surface area (Å²) in [6, 6.07) is 4.09. The van der Waals surface area contributed by atoms with Crippen molar-refractivity contribution in [3.63, 3.8) is 0 Å². The number of aliphatic imine (C=N–C) groups is 1. The molecule has 0 unspecified atom stereocenters. The number of nitrogens with zero attached hydrogens (tertiary/aromatic N) is 1. The molecule has 8 heteroatoms. The molecule has 1 amide bonds. The minimum absolute atomic E-state index is 0.181. The Hall–Kier alpha value is -2.25. The molecule has 1 rings (SSSR count). The van der Waals surface area contributed by atoms with E-state index in [1.807, 2.05) is 13.8 Å². The van der Waals surface area contributed by atoms with Crippen LogP contribution >= 0.6 is 0 Å². The minimum Gasteiger partial charge on any atom is -0.357 e. The second-order valence-electron chi connectivity index (χ2n) is 4.62. The Morgan fingerprint density at radius 1 is 1.04 bits per heavy atom. The highest BCUT2D eigenvalue weighted by molar-refractivity contribution is 5.94. The van der Waals surface area contributed by atoms with Crippen LogP contribution in [0, 0.1) is 0 Å². The Labute approximate surface area is 133 Å². The topological polar surface area (TPSA) is 65.5 Å². The molecule has 1 aromatic carbocycles. The molecule has 1 aromatic rings. The van der Waals surface area contributed by atoms with Crippen LogP contribution in [0.3, 0.4) is 0 Å². The molecule has 0 atom stereocenters. The molecule has 128 valence electrons. The Bertz CT molecular complexity index is 519. The summed E-state index contributed by atoms with van der Waals surface area (Å²) in [7, 11) is 0. The van der Waals surface area contributed by atoms with Crippen molar-refractivity contribution >= 4 is 11.9 Å². The Morgan fingerprint density at radius 3 is 2.09 bits per heavy atom. The van der Waals surface area contributed by atoms with Crippen LogP contribution < -0.4 is 16.0 Å². The lowest BCUT2D eigenvalue weighted by Gasteiger charge is -2.10. The SMILES string of the molecule is CCNC(=NCCNC(=O)c1ccc(C(F)(F)F)cc1)NCC. The summed E-state index contributed by atoms with van der Waals surface area (Å²) in [5, 5.41) is 8.70. The van der Waals surface area contributed by atoms with E-state index in [1.165, 1.54) is 0 Å². The average molecular weight is 330 g/mol. The first-order valence-electron chi connectivity index (χ1n) is 7.36. The average Bonchev–Trinajstić information content (AvgIpc) is 2.51. The Kier molecular flexibility index (Phi) is 7.37. The number of carbonyl (C=O) groups is 1. The maximum atomic E-state index is 12.4. The summed E-state index contributed by atoms with van der Waals surface area (Å²) in [6.07, 6.45) is -4.40. The van der Waals surface area contributed by atoms with E-state index in [0.717, 1.165) is 37.4 Å². The number of amides is 1. The third-order valence-corrected chi connectivity index (χ3v) is 2.83. The van der Waals surface area contributed by atoms with Gasteiger partial charge in [0.15, 0.2) is 5.96 Å². The fraction of sp³-hybridized carbons (Fsp3) is 0.467. The van der Waals surface area contributed by atoms with Crippen molar-refractivity contribution in [3.8, 4) is 0 Å². The fourth-order valence-electron chi connectivity index (χ4n) is 1.76. The Morgan fingerprint density at radius 2 is 1.61 bits per heavy atom. The van der Waals surface area contributed by atoms with Crippen LogP contribution in [0.15, 0.2) is 29.3 Å². The molecular weight excluding hydrogens is 309 g/mol. The quantitative estimate of drug-likeness (QED) is 0.425. The zero-order chi connectivity index (χ0) is 17.3. The number of hydrogen-bond acceptors (Lipinski definition) is 2. The monoisotopic (exact) mass is 330 g/mol. The first-order valence-corrected chi connectivity index (χ1v) is 7.36. The standard InChI is InChI=1S/C15H21F3N4O/c1-3-19-14(20-4-2)22-10-9-21-13(23)11-5-7-12(8-6-11)15(16,17)18/h5-8H,3-4,9-10H2,1-2H3,(H,21,23)(H2,19,20,22). The van der Waals surface area contributed by atoms with Gasteiger partial charge in [-0.15, -0.1) is 0 Å². The van der Waals surface area contributed by atoms with Crippen molar-refractivity contribution in [2.24, 2.45) is 4.99 Å². The normalized spacial score (nSPS) is 10.8. The number of guanidine groups is 1. The van der Waals surface area contributed by atoms with E-state index in [2.05, 4.69) is 20.9 Å². The molecule has 0 aromatic heterocycles. The highest BCUT2D eigenvalue weighted by Crippen LogP contribution is 2.28. The molecule has 3 N–H and O–H groups in total. The van der Waals surface area contributed by atoms with Crippen LogP contribution in [0.2, 0.25) is 0 Å². The van der Waals surface area contributed by atoms with E-state index in [0.29, 0.717) is 19.0 Å². The zero-order valence-corrected chi connectivity index (χ0v) is 13.1. The van der Waals surface area contributed by atoms with Crippen molar-refractivity contribution in [1.29, 1.82) is 0 Å². The van der Waals surface area contributed by atoms with Crippen LogP contribution in [0.25, 0.3) is 0 Å². The maximum absolute atomic E-state index is 12.4. The highest BCUT2D eigenvalue weighted by Gasteiger charge is 2.30. The first kappa shape index (κ1) is 18.8. The molecule has 0 radical (unpaired) electrons. The summed E-state index contributed by atoms with van der Waals surface area (Å²) < 4.78 is 37.3. The number of benzene rings is 1. The number of hydrogen-bond donors (Lipinski definition) is 3. The second kappa shape index (κ2) is 9.02. The molecule has 0 aliphatic heterocycles. The number of nitrogens with one attached hydrogen (secondary N) is 3. The summed E-state index contributed by atoms with van der Waals surface area (Å²) in [4.78, 5) is 16.1. The third-order valence-electron chi connectivity index (χ3n) is 2.83. The van der Waals surface area contributed by atoms with Gasteiger partial charge in [0, 0.05) is 25.2 Å². The molecule has 0 aliphatic carbocycles. The van der Waals surface area contributed by atoms with Gasteiger partial charge in [-0.05, 0) is 38.1 Å². The van der Waals surface area contributed by atoms with Gasteiger partial charge in [0.05, 0.1) is 12.1 Å². The largest absolute Gasteiger partial charge is 0.416 e. The van der Waals surface area contributed by atoms with E-state index in [-0.39, 0.29) is 5.56 Å². The van der Waals surface area contributed by atoms with Gasteiger partial charge in [-0.2, -0.15) is 13.2 Å². The number of rotatable bonds is 6. The van der Waals surface area contributed by atoms with Crippen LogP contribution in [0.4, 0.5) is 13.2 Å². The molecule has 0 bridgehead atoms. The lowest BCUT2D eigenvalue weighted by atomic mass is 10.1. The third kappa shape index (κ3) is 6.58. The predicted molar refractivity (Wildman–Crippen MR) is 83.4 cm³/mol. The fourth-order valence-corrected chi connectivity index (χ4v) is 1.76. The summed E-state index contributed by atoms with van der Waals surface area (Å²) in [5.74, 6) is 0.223. The molecule has 0 saturated heterocycles. The van der Waals surface area contributed by atoms with Gasteiger partial charge in [0.2, 0.25) is 0 Å².